The Kier molecular flexibility index (Phi) is 4.52. The predicted molar refractivity (Wildman–Crippen MR) is 101 cm³/mol. The van der Waals surface area contributed by atoms with Crippen molar-refractivity contribution in [3.05, 3.63) is 72.2 Å². The summed E-state index contributed by atoms with van der Waals surface area (Å²) in [6.07, 6.45) is 3.68. The molecule has 132 valence electrons. The Morgan fingerprint density at radius 1 is 1.15 bits per heavy atom. The Morgan fingerprint density at radius 2 is 2.00 bits per heavy atom. The number of hydrogen-bond donors (Lipinski definition) is 1. The molecule has 0 radical (unpaired) electrons. The molecule has 2 aromatic carbocycles. The summed E-state index contributed by atoms with van der Waals surface area (Å²) in [5.41, 5.74) is 2.45. The van der Waals surface area contributed by atoms with Gasteiger partial charge in [-0.3, -0.25) is 9.78 Å². The molecule has 1 aromatic heterocycles. The fourth-order valence-corrected chi connectivity index (χ4v) is 3.45. The predicted octanol–water partition coefficient (Wildman–Crippen LogP) is 4.09. The molecular formula is C21H20FN3O. The molecule has 1 fully saturated rings. The standard InChI is InChI=1S/C21H20FN3O/c22-17-6-8-18(9-7-17)24-19-4-2-12-25(14-19)21(26)16-5-10-20-15(13-16)3-1-11-23-20/h1,3,5-11,13,19,24H,2,4,12,14H2. The zero-order valence-electron chi connectivity index (χ0n) is 14.4. The molecule has 0 bridgehead atoms. The highest BCUT2D eigenvalue weighted by molar-refractivity contribution is 5.98. The highest BCUT2D eigenvalue weighted by atomic mass is 19.1. The van der Waals surface area contributed by atoms with E-state index in [-0.39, 0.29) is 17.8 Å². The molecule has 0 spiro atoms. The van der Waals surface area contributed by atoms with Gasteiger partial charge in [0.2, 0.25) is 0 Å². The molecule has 0 aliphatic carbocycles. The van der Waals surface area contributed by atoms with Crippen LogP contribution >= 0.6 is 0 Å². The number of carbonyl (C=O) groups excluding carboxylic acids is 1. The SMILES string of the molecule is O=C(c1ccc2ncccc2c1)N1CCCC(Nc2ccc(F)cc2)C1. The molecule has 0 saturated carbocycles. The number of rotatable bonds is 3. The van der Waals surface area contributed by atoms with Gasteiger partial charge in [-0.15, -0.1) is 0 Å². The maximum Gasteiger partial charge on any atom is 0.253 e. The summed E-state index contributed by atoms with van der Waals surface area (Å²) in [6.45, 7) is 1.40. The highest BCUT2D eigenvalue weighted by Gasteiger charge is 2.24. The van der Waals surface area contributed by atoms with Crippen LogP contribution in [0.15, 0.2) is 60.8 Å². The quantitative estimate of drug-likeness (QED) is 0.775. The van der Waals surface area contributed by atoms with Gasteiger partial charge in [0.05, 0.1) is 5.52 Å². The summed E-state index contributed by atoms with van der Waals surface area (Å²) in [4.78, 5) is 19.1. The van der Waals surface area contributed by atoms with Crippen LogP contribution in [0.25, 0.3) is 10.9 Å². The van der Waals surface area contributed by atoms with Gasteiger partial charge in [-0.25, -0.2) is 4.39 Å². The van der Waals surface area contributed by atoms with Gasteiger partial charge >= 0.3 is 0 Å². The number of likely N-dealkylation sites (tertiary alicyclic amines) is 1. The lowest BCUT2D eigenvalue weighted by Gasteiger charge is -2.33. The largest absolute Gasteiger partial charge is 0.381 e. The minimum absolute atomic E-state index is 0.0429. The molecule has 4 nitrogen and oxygen atoms in total. The molecule has 3 aromatic rings. The third kappa shape index (κ3) is 3.52. The number of pyridine rings is 1. The van der Waals surface area contributed by atoms with Crippen LogP contribution in [0, 0.1) is 5.82 Å². The summed E-state index contributed by atoms with van der Waals surface area (Å²) in [6, 6.07) is 16.0. The Bertz CT molecular complexity index is 926. The van der Waals surface area contributed by atoms with Gasteiger partial charge in [0.15, 0.2) is 0 Å². The van der Waals surface area contributed by atoms with Crippen molar-refractivity contribution >= 4 is 22.5 Å². The van der Waals surface area contributed by atoms with Crippen molar-refractivity contribution in [3.8, 4) is 0 Å². The lowest BCUT2D eigenvalue weighted by atomic mass is 10.0. The first-order chi connectivity index (χ1) is 12.7. The molecule has 1 amide bonds. The molecule has 1 N–H and O–H groups in total. The molecule has 1 aliphatic rings. The lowest BCUT2D eigenvalue weighted by Crippen LogP contribution is -2.45. The lowest BCUT2D eigenvalue weighted by molar-refractivity contribution is 0.0715. The van der Waals surface area contributed by atoms with E-state index in [4.69, 9.17) is 0 Å². The first-order valence-electron chi connectivity index (χ1n) is 8.85. The van der Waals surface area contributed by atoms with E-state index in [1.54, 1.807) is 18.3 Å². The van der Waals surface area contributed by atoms with Crippen LogP contribution < -0.4 is 5.32 Å². The first kappa shape index (κ1) is 16.5. The van der Waals surface area contributed by atoms with Crippen LogP contribution in [0.2, 0.25) is 0 Å². The van der Waals surface area contributed by atoms with E-state index in [1.165, 1.54) is 12.1 Å². The van der Waals surface area contributed by atoms with Gasteiger partial charge in [-0.2, -0.15) is 0 Å². The minimum Gasteiger partial charge on any atom is -0.381 e. The second-order valence-electron chi connectivity index (χ2n) is 6.65. The topological polar surface area (TPSA) is 45.2 Å². The number of nitrogens with zero attached hydrogens (tertiary/aromatic N) is 2. The molecule has 2 heterocycles. The maximum atomic E-state index is 13.0. The van der Waals surface area contributed by atoms with E-state index >= 15 is 0 Å². The summed E-state index contributed by atoms with van der Waals surface area (Å²) >= 11 is 0. The molecule has 1 atom stereocenters. The van der Waals surface area contributed by atoms with E-state index in [0.717, 1.165) is 36.0 Å². The van der Waals surface area contributed by atoms with Crippen LogP contribution in [-0.4, -0.2) is 34.9 Å². The molecular weight excluding hydrogens is 329 g/mol. The maximum absolute atomic E-state index is 13.0. The normalized spacial score (nSPS) is 17.3. The zero-order valence-corrected chi connectivity index (χ0v) is 14.4. The number of anilines is 1. The average Bonchev–Trinajstić information content (AvgIpc) is 2.69. The average molecular weight is 349 g/mol. The Morgan fingerprint density at radius 3 is 2.85 bits per heavy atom. The van der Waals surface area contributed by atoms with Crippen molar-refractivity contribution in [2.45, 2.75) is 18.9 Å². The first-order valence-corrected chi connectivity index (χ1v) is 8.85. The molecule has 1 saturated heterocycles. The minimum atomic E-state index is -0.248. The number of benzene rings is 2. The molecule has 4 rings (SSSR count). The van der Waals surface area contributed by atoms with E-state index in [1.807, 2.05) is 35.2 Å². The van der Waals surface area contributed by atoms with Crippen LogP contribution in [0.3, 0.4) is 0 Å². The molecule has 1 unspecified atom stereocenters. The highest BCUT2D eigenvalue weighted by Crippen LogP contribution is 2.20. The number of fused-ring (bicyclic) bond motifs is 1. The van der Waals surface area contributed by atoms with E-state index in [9.17, 15) is 9.18 Å². The zero-order chi connectivity index (χ0) is 17.9. The number of halogens is 1. The second kappa shape index (κ2) is 7.12. The van der Waals surface area contributed by atoms with Gasteiger partial charge in [-0.1, -0.05) is 6.07 Å². The summed E-state index contributed by atoms with van der Waals surface area (Å²) in [5, 5.41) is 4.37. The molecule has 5 heteroatoms. The molecule has 26 heavy (non-hydrogen) atoms. The van der Waals surface area contributed by atoms with E-state index in [0.29, 0.717) is 12.1 Å². The van der Waals surface area contributed by atoms with Gasteiger partial charge in [0.1, 0.15) is 5.82 Å². The van der Waals surface area contributed by atoms with E-state index in [2.05, 4.69) is 10.3 Å². The van der Waals surface area contributed by atoms with Crippen molar-refractivity contribution in [1.82, 2.24) is 9.88 Å². The van der Waals surface area contributed by atoms with Gasteiger partial charge in [0, 0.05) is 42.0 Å². The van der Waals surface area contributed by atoms with Crippen LogP contribution in [0.5, 0.6) is 0 Å². The van der Waals surface area contributed by atoms with Gasteiger partial charge < -0.3 is 10.2 Å². The van der Waals surface area contributed by atoms with Crippen molar-refractivity contribution in [1.29, 1.82) is 0 Å². The van der Waals surface area contributed by atoms with Crippen LogP contribution in [-0.2, 0) is 0 Å². The Labute approximate surface area is 151 Å². The number of amides is 1. The van der Waals surface area contributed by atoms with Gasteiger partial charge in [-0.05, 0) is 61.4 Å². The van der Waals surface area contributed by atoms with Crippen molar-refractivity contribution in [2.24, 2.45) is 0 Å². The fourth-order valence-electron chi connectivity index (χ4n) is 3.45. The second-order valence-corrected chi connectivity index (χ2v) is 6.65. The monoisotopic (exact) mass is 349 g/mol. The number of hydrogen-bond acceptors (Lipinski definition) is 3. The third-order valence-electron chi connectivity index (χ3n) is 4.77. The number of carbonyl (C=O) groups is 1. The summed E-state index contributed by atoms with van der Waals surface area (Å²) in [5.74, 6) is -0.205. The van der Waals surface area contributed by atoms with Crippen LogP contribution in [0.4, 0.5) is 10.1 Å². The van der Waals surface area contributed by atoms with Crippen LogP contribution in [0.1, 0.15) is 23.2 Å². The number of piperidine rings is 1. The number of aromatic nitrogens is 1. The fraction of sp³-hybridized carbons (Fsp3) is 0.238. The summed E-state index contributed by atoms with van der Waals surface area (Å²) < 4.78 is 13.0. The Hall–Kier alpha value is -2.95. The van der Waals surface area contributed by atoms with E-state index < -0.39 is 0 Å². The van der Waals surface area contributed by atoms with Crippen molar-refractivity contribution in [3.63, 3.8) is 0 Å². The smallest absolute Gasteiger partial charge is 0.253 e. The van der Waals surface area contributed by atoms with Crippen molar-refractivity contribution < 1.29 is 9.18 Å². The van der Waals surface area contributed by atoms with Gasteiger partial charge in [0.25, 0.3) is 5.91 Å². The molecule has 1 aliphatic heterocycles. The van der Waals surface area contributed by atoms with Crippen molar-refractivity contribution in [2.75, 3.05) is 18.4 Å². The summed E-state index contributed by atoms with van der Waals surface area (Å²) in [7, 11) is 0. The Balaban J connectivity index is 1.47. The number of nitrogens with one attached hydrogen (secondary N) is 1. The third-order valence-corrected chi connectivity index (χ3v) is 4.77.